The fourth-order valence-corrected chi connectivity index (χ4v) is 1.87. The van der Waals surface area contributed by atoms with Gasteiger partial charge in [-0.05, 0) is 34.1 Å². The fraction of sp³-hybridized carbons (Fsp3) is 0.0714. The summed E-state index contributed by atoms with van der Waals surface area (Å²) in [7, 11) is 0. The van der Waals surface area contributed by atoms with Crippen LogP contribution in [0.2, 0.25) is 0 Å². The molecule has 0 unspecified atom stereocenters. The standard InChI is InChI=1S/C14H9BrFNO3/c15-10-5-9(6-17-7-10)14(19)20-8-13(18)11-3-1-2-4-12(11)16/h1-7H,8H2. The summed E-state index contributed by atoms with van der Waals surface area (Å²) in [6.45, 7) is -0.522. The lowest BCUT2D eigenvalue weighted by Gasteiger charge is -2.05. The van der Waals surface area contributed by atoms with Gasteiger partial charge in [-0.25, -0.2) is 9.18 Å². The van der Waals surface area contributed by atoms with E-state index in [1.54, 1.807) is 0 Å². The maximum Gasteiger partial charge on any atom is 0.340 e. The third kappa shape index (κ3) is 3.48. The van der Waals surface area contributed by atoms with E-state index in [-0.39, 0.29) is 11.1 Å². The van der Waals surface area contributed by atoms with Gasteiger partial charge in [0.15, 0.2) is 6.61 Å². The maximum atomic E-state index is 13.4. The fourth-order valence-electron chi connectivity index (χ4n) is 1.50. The van der Waals surface area contributed by atoms with Crippen molar-refractivity contribution in [2.45, 2.75) is 0 Å². The largest absolute Gasteiger partial charge is 0.454 e. The first-order chi connectivity index (χ1) is 9.58. The molecule has 1 aromatic heterocycles. The third-order valence-electron chi connectivity index (χ3n) is 2.45. The highest BCUT2D eigenvalue weighted by molar-refractivity contribution is 9.10. The summed E-state index contributed by atoms with van der Waals surface area (Å²) in [5.41, 5.74) is 0.105. The Morgan fingerprint density at radius 3 is 2.70 bits per heavy atom. The number of esters is 1. The van der Waals surface area contributed by atoms with Gasteiger partial charge >= 0.3 is 5.97 Å². The summed E-state index contributed by atoms with van der Waals surface area (Å²) in [5.74, 6) is -1.93. The quantitative estimate of drug-likeness (QED) is 0.635. The Morgan fingerprint density at radius 1 is 1.25 bits per heavy atom. The number of rotatable bonds is 4. The molecule has 102 valence electrons. The number of pyridine rings is 1. The third-order valence-corrected chi connectivity index (χ3v) is 2.88. The topological polar surface area (TPSA) is 56.3 Å². The molecule has 2 rings (SSSR count). The molecule has 4 nitrogen and oxygen atoms in total. The van der Waals surface area contributed by atoms with Crippen LogP contribution in [-0.4, -0.2) is 23.3 Å². The number of ketones is 1. The van der Waals surface area contributed by atoms with Crippen LogP contribution in [0.1, 0.15) is 20.7 Å². The first kappa shape index (κ1) is 14.3. The lowest BCUT2D eigenvalue weighted by atomic mass is 10.1. The van der Waals surface area contributed by atoms with E-state index in [1.165, 1.54) is 42.7 Å². The zero-order valence-corrected chi connectivity index (χ0v) is 11.8. The van der Waals surface area contributed by atoms with Crippen LogP contribution in [0.5, 0.6) is 0 Å². The van der Waals surface area contributed by atoms with E-state index in [4.69, 9.17) is 4.74 Å². The molecule has 1 heterocycles. The highest BCUT2D eigenvalue weighted by atomic mass is 79.9. The molecule has 0 saturated carbocycles. The number of halogens is 2. The summed E-state index contributed by atoms with van der Waals surface area (Å²) < 4.78 is 18.8. The lowest BCUT2D eigenvalue weighted by Crippen LogP contribution is -2.15. The number of nitrogens with zero attached hydrogens (tertiary/aromatic N) is 1. The second-order valence-corrected chi connectivity index (χ2v) is 4.79. The van der Waals surface area contributed by atoms with Crippen LogP contribution in [-0.2, 0) is 4.74 Å². The minimum Gasteiger partial charge on any atom is -0.454 e. The number of hydrogen-bond donors (Lipinski definition) is 0. The molecule has 1 aromatic carbocycles. The van der Waals surface area contributed by atoms with Crippen molar-refractivity contribution < 1.29 is 18.7 Å². The number of carbonyl (C=O) groups excluding carboxylic acids is 2. The Morgan fingerprint density at radius 2 is 2.00 bits per heavy atom. The van der Waals surface area contributed by atoms with Crippen molar-refractivity contribution >= 4 is 27.7 Å². The maximum absolute atomic E-state index is 13.4. The average molecular weight is 338 g/mol. The van der Waals surface area contributed by atoms with Crippen molar-refractivity contribution in [3.63, 3.8) is 0 Å². The smallest absolute Gasteiger partial charge is 0.340 e. The van der Waals surface area contributed by atoms with E-state index in [9.17, 15) is 14.0 Å². The Balaban J connectivity index is 2.01. The summed E-state index contributed by atoms with van der Waals surface area (Å²) in [5, 5.41) is 0. The summed E-state index contributed by atoms with van der Waals surface area (Å²) in [6, 6.07) is 7.05. The molecule has 0 saturated heterocycles. The number of ether oxygens (including phenoxy) is 1. The summed E-state index contributed by atoms with van der Waals surface area (Å²) >= 11 is 3.17. The average Bonchev–Trinajstić information content (AvgIpc) is 2.45. The van der Waals surface area contributed by atoms with Gasteiger partial charge in [0.2, 0.25) is 5.78 Å². The van der Waals surface area contributed by atoms with Crippen molar-refractivity contribution in [3.8, 4) is 0 Å². The predicted molar refractivity (Wildman–Crippen MR) is 73.0 cm³/mol. The normalized spacial score (nSPS) is 10.1. The zero-order valence-electron chi connectivity index (χ0n) is 10.2. The van der Waals surface area contributed by atoms with Crippen molar-refractivity contribution in [1.29, 1.82) is 0 Å². The molecule has 20 heavy (non-hydrogen) atoms. The number of Topliss-reactive ketones (excluding diaryl/α,β-unsaturated/α-hetero) is 1. The van der Waals surface area contributed by atoms with Gasteiger partial charge in [0.05, 0.1) is 11.1 Å². The van der Waals surface area contributed by atoms with Gasteiger partial charge < -0.3 is 4.74 Å². The van der Waals surface area contributed by atoms with Crippen LogP contribution in [0.15, 0.2) is 47.2 Å². The van der Waals surface area contributed by atoms with Crippen molar-refractivity contribution in [2.24, 2.45) is 0 Å². The van der Waals surface area contributed by atoms with Crippen LogP contribution in [0, 0.1) is 5.82 Å². The van der Waals surface area contributed by atoms with Gasteiger partial charge in [-0.3, -0.25) is 9.78 Å². The molecule has 0 atom stereocenters. The minimum atomic E-state index is -0.691. The van der Waals surface area contributed by atoms with Gasteiger partial charge in [0.1, 0.15) is 5.82 Å². The van der Waals surface area contributed by atoms with Gasteiger partial charge in [-0.2, -0.15) is 0 Å². The monoisotopic (exact) mass is 337 g/mol. The van der Waals surface area contributed by atoms with Gasteiger partial charge in [-0.1, -0.05) is 12.1 Å². The molecular formula is C14H9BrFNO3. The van der Waals surface area contributed by atoms with Gasteiger partial charge in [-0.15, -0.1) is 0 Å². The van der Waals surface area contributed by atoms with Crippen LogP contribution < -0.4 is 0 Å². The Hall–Kier alpha value is -2.08. The van der Waals surface area contributed by atoms with E-state index in [0.717, 1.165) is 0 Å². The molecule has 0 radical (unpaired) electrons. The number of carbonyl (C=O) groups is 2. The second kappa shape index (κ2) is 6.38. The number of hydrogen-bond acceptors (Lipinski definition) is 4. The predicted octanol–water partition coefficient (Wildman–Crippen LogP) is 3.02. The first-order valence-corrected chi connectivity index (χ1v) is 6.42. The summed E-state index contributed by atoms with van der Waals surface area (Å²) in [4.78, 5) is 27.2. The molecule has 0 aliphatic rings. The highest BCUT2D eigenvalue weighted by Gasteiger charge is 2.15. The molecule has 6 heteroatoms. The Bertz CT molecular complexity index is 660. The molecule has 0 bridgehead atoms. The molecule has 0 fully saturated rings. The number of benzene rings is 1. The van der Waals surface area contributed by atoms with E-state index in [2.05, 4.69) is 20.9 Å². The van der Waals surface area contributed by atoms with Crippen LogP contribution in [0.25, 0.3) is 0 Å². The Kier molecular flexibility index (Phi) is 4.57. The molecule has 0 aliphatic heterocycles. The van der Waals surface area contributed by atoms with Gasteiger partial charge in [0, 0.05) is 16.9 Å². The van der Waals surface area contributed by atoms with Crippen molar-refractivity contribution in [1.82, 2.24) is 4.98 Å². The van der Waals surface area contributed by atoms with E-state index in [0.29, 0.717) is 4.47 Å². The SMILES string of the molecule is O=C(OCC(=O)c1ccccc1F)c1cncc(Br)c1. The van der Waals surface area contributed by atoms with Crippen LogP contribution in [0.3, 0.4) is 0 Å². The molecule has 0 spiro atoms. The minimum absolute atomic E-state index is 0.104. The molecule has 0 N–H and O–H groups in total. The first-order valence-electron chi connectivity index (χ1n) is 5.63. The van der Waals surface area contributed by atoms with Gasteiger partial charge in [0.25, 0.3) is 0 Å². The zero-order chi connectivity index (χ0) is 14.5. The van der Waals surface area contributed by atoms with Crippen molar-refractivity contribution in [3.05, 3.63) is 64.1 Å². The van der Waals surface area contributed by atoms with E-state index >= 15 is 0 Å². The number of aromatic nitrogens is 1. The molecule has 0 amide bonds. The lowest BCUT2D eigenvalue weighted by molar-refractivity contribution is 0.0473. The second-order valence-electron chi connectivity index (χ2n) is 3.87. The molecule has 2 aromatic rings. The van der Waals surface area contributed by atoms with E-state index < -0.39 is 24.2 Å². The van der Waals surface area contributed by atoms with Crippen LogP contribution in [0.4, 0.5) is 4.39 Å². The molecule has 0 aliphatic carbocycles. The Labute approximate surface area is 122 Å². The molecular weight excluding hydrogens is 329 g/mol. The highest BCUT2D eigenvalue weighted by Crippen LogP contribution is 2.11. The summed E-state index contributed by atoms with van der Waals surface area (Å²) in [6.07, 6.45) is 2.84. The van der Waals surface area contributed by atoms with E-state index in [1.807, 2.05) is 0 Å². The van der Waals surface area contributed by atoms with Crippen LogP contribution >= 0.6 is 15.9 Å². The van der Waals surface area contributed by atoms with Crippen molar-refractivity contribution in [2.75, 3.05) is 6.61 Å².